The molecule has 1 spiro atoms. The Hall–Kier alpha value is -1.33. The van der Waals surface area contributed by atoms with E-state index < -0.39 is 35.0 Å². The Balaban J connectivity index is 1.66. The van der Waals surface area contributed by atoms with E-state index in [9.17, 15) is 19.8 Å². The quantitative estimate of drug-likeness (QED) is 0.744. The molecular weight excluding hydrogens is 371 g/mol. The van der Waals surface area contributed by atoms with Gasteiger partial charge in [0.15, 0.2) is 11.6 Å². The minimum absolute atomic E-state index is 0.0252. The molecule has 9 unspecified atom stereocenters. The number of alkyl halides is 1. The fourth-order valence-electron chi connectivity index (χ4n) is 8.92. The highest BCUT2D eigenvalue weighted by Crippen LogP contribution is 2.79. The predicted octanol–water partition coefficient (Wildman–Crippen LogP) is 3.17. The van der Waals surface area contributed by atoms with E-state index in [0.717, 1.165) is 12.8 Å². The van der Waals surface area contributed by atoms with Gasteiger partial charge in [0.1, 0.15) is 18.4 Å². The molecule has 5 aliphatic carbocycles. The van der Waals surface area contributed by atoms with Gasteiger partial charge < -0.3 is 10.2 Å². The van der Waals surface area contributed by atoms with Gasteiger partial charge in [0.25, 0.3) is 0 Å². The molecule has 5 aliphatic rings. The summed E-state index contributed by atoms with van der Waals surface area (Å²) in [5, 5.41) is 21.2. The molecule has 2 N–H and O–H groups in total. The van der Waals surface area contributed by atoms with Crippen molar-refractivity contribution in [1.82, 2.24) is 0 Å². The fraction of sp³-hybridized carbons (Fsp3) is 0.750. The summed E-state index contributed by atoms with van der Waals surface area (Å²) < 4.78 is 15.5. The molecule has 4 nitrogen and oxygen atoms in total. The van der Waals surface area contributed by atoms with Crippen molar-refractivity contribution in [2.24, 2.45) is 39.9 Å². The van der Waals surface area contributed by atoms with Crippen LogP contribution in [0.1, 0.15) is 52.9 Å². The smallest absolute Gasteiger partial charge is 0.190 e. The van der Waals surface area contributed by atoms with Gasteiger partial charge in [-0.1, -0.05) is 26.8 Å². The Morgan fingerprint density at radius 1 is 1.28 bits per heavy atom. The van der Waals surface area contributed by atoms with Crippen LogP contribution in [-0.2, 0) is 9.59 Å². The van der Waals surface area contributed by atoms with Crippen LogP contribution >= 0.6 is 0 Å². The highest BCUT2D eigenvalue weighted by atomic mass is 19.1. The summed E-state index contributed by atoms with van der Waals surface area (Å²) in [5.41, 5.74) is -2.19. The number of carbonyl (C=O) groups excluding carboxylic acids is 2. The molecule has 0 aliphatic heterocycles. The Bertz CT molecular complexity index is 863. The molecule has 4 saturated carbocycles. The molecule has 0 bridgehead atoms. The van der Waals surface area contributed by atoms with Crippen molar-refractivity contribution in [3.63, 3.8) is 0 Å². The lowest BCUT2D eigenvalue weighted by molar-refractivity contribution is -0.234. The summed E-state index contributed by atoms with van der Waals surface area (Å²) >= 11 is 0. The number of aliphatic hydroxyl groups is 2. The molecular formula is C24H31FO4. The average Bonchev–Trinajstić information content (AvgIpc) is 2.87. The molecule has 4 fully saturated rings. The van der Waals surface area contributed by atoms with Crippen molar-refractivity contribution < 1.29 is 24.2 Å². The van der Waals surface area contributed by atoms with E-state index >= 15 is 4.39 Å². The highest BCUT2D eigenvalue weighted by Gasteiger charge is 2.77. The number of allylic oxidation sites excluding steroid dienone is 4. The lowest BCUT2D eigenvalue weighted by atomic mass is 9.31. The fourth-order valence-corrected chi connectivity index (χ4v) is 8.92. The summed E-state index contributed by atoms with van der Waals surface area (Å²) in [7, 11) is 0. The first-order valence-corrected chi connectivity index (χ1v) is 11.0. The van der Waals surface area contributed by atoms with Gasteiger partial charge >= 0.3 is 0 Å². The molecule has 5 rings (SSSR count). The van der Waals surface area contributed by atoms with E-state index in [1.165, 1.54) is 6.08 Å². The zero-order chi connectivity index (χ0) is 21.0. The number of ketones is 2. The number of hydrogen-bond donors (Lipinski definition) is 2. The maximum Gasteiger partial charge on any atom is 0.190 e. The van der Waals surface area contributed by atoms with Gasteiger partial charge in [-0.3, -0.25) is 9.59 Å². The second kappa shape index (κ2) is 5.67. The minimum atomic E-state index is -1.56. The van der Waals surface area contributed by atoms with Gasteiger partial charge in [0, 0.05) is 10.8 Å². The highest BCUT2D eigenvalue weighted by molar-refractivity contribution is 6.01. The first-order chi connectivity index (χ1) is 13.6. The van der Waals surface area contributed by atoms with Crippen molar-refractivity contribution in [1.29, 1.82) is 0 Å². The van der Waals surface area contributed by atoms with Crippen LogP contribution in [0.15, 0.2) is 23.8 Å². The normalized spacial score (nSPS) is 55.2. The predicted molar refractivity (Wildman–Crippen MR) is 106 cm³/mol. The Morgan fingerprint density at radius 3 is 2.62 bits per heavy atom. The van der Waals surface area contributed by atoms with E-state index in [1.54, 1.807) is 6.08 Å². The van der Waals surface area contributed by atoms with Crippen LogP contribution in [0.3, 0.4) is 0 Å². The van der Waals surface area contributed by atoms with E-state index in [0.29, 0.717) is 24.8 Å². The first kappa shape index (κ1) is 19.6. The van der Waals surface area contributed by atoms with Gasteiger partial charge in [0.05, 0.1) is 0 Å². The molecule has 158 valence electrons. The van der Waals surface area contributed by atoms with E-state index in [4.69, 9.17) is 0 Å². The van der Waals surface area contributed by atoms with Crippen LogP contribution in [0.5, 0.6) is 0 Å². The van der Waals surface area contributed by atoms with E-state index in [1.807, 2.05) is 19.9 Å². The van der Waals surface area contributed by atoms with Crippen molar-refractivity contribution >= 4 is 11.6 Å². The largest absolute Gasteiger partial charge is 0.388 e. The zero-order valence-electron chi connectivity index (χ0n) is 17.5. The maximum atomic E-state index is 15.5. The molecule has 0 aromatic heterocycles. The Kier molecular flexibility index (Phi) is 3.84. The van der Waals surface area contributed by atoms with E-state index in [2.05, 4.69) is 6.92 Å². The molecule has 0 aromatic rings. The summed E-state index contributed by atoms with van der Waals surface area (Å²) in [6.07, 6.45) is 7.61. The lowest BCUT2D eigenvalue weighted by Gasteiger charge is -2.73. The topological polar surface area (TPSA) is 74.6 Å². The average molecular weight is 403 g/mol. The number of rotatable bonds is 2. The number of fused-ring (bicyclic) bond motifs is 3. The standard InChI is InChI=1S/C24H31FO4/c1-13-8-16-17-10-19(25)18-9-15(27)5-6-21(18,2)23(17)7-4-14(23)11-22(16,3)24(13,29)20(28)12-26/h5-6,9,13-14,16-17,19,26,29H,4,7-8,10-12H2,1-3H3. The summed E-state index contributed by atoms with van der Waals surface area (Å²) in [6.45, 7) is 5.33. The molecule has 5 heteroatoms. The summed E-state index contributed by atoms with van der Waals surface area (Å²) in [6, 6.07) is 0. The number of halogens is 1. The maximum absolute atomic E-state index is 15.5. The third kappa shape index (κ3) is 1.93. The Labute approximate surface area is 171 Å². The van der Waals surface area contributed by atoms with E-state index in [-0.39, 0.29) is 34.9 Å². The molecule has 0 amide bonds. The first-order valence-electron chi connectivity index (χ1n) is 11.0. The van der Waals surface area contributed by atoms with Gasteiger partial charge in [-0.05, 0) is 78.9 Å². The minimum Gasteiger partial charge on any atom is -0.388 e. The van der Waals surface area contributed by atoms with Crippen molar-refractivity contribution in [2.45, 2.75) is 64.6 Å². The third-order valence-corrected chi connectivity index (χ3v) is 10.3. The lowest BCUT2D eigenvalue weighted by Crippen LogP contribution is -2.70. The molecule has 0 radical (unpaired) electrons. The van der Waals surface area contributed by atoms with Crippen LogP contribution in [-0.4, -0.2) is 40.2 Å². The van der Waals surface area contributed by atoms with Crippen molar-refractivity contribution in [2.75, 3.05) is 6.61 Å². The monoisotopic (exact) mass is 402 g/mol. The molecule has 29 heavy (non-hydrogen) atoms. The number of aliphatic hydroxyl groups excluding tert-OH is 1. The molecule has 0 saturated heterocycles. The van der Waals surface area contributed by atoms with Crippen LogP contribution in [0.4, 0.5) is 4.39 Å². The number of Topliss-reactive ketones (excluding diaryl/α,β-unsaturated/α-hetero) is 1. The van der Waals surface area contributed by atoms with Crippen LogP contribution in [0, 0.1) is 39.9 Å². The zero-order valence-corrected chi connectivity index (χ0v) is 17.5. The Morgan fingerprint density at radius 2 is 2.00 bits per heavy atom. The van der Waals surface area contributed by atoms with Crippen molar-refractivity contribution in [3.8, 4) is 0 Å². The molecule has 0 aromatic carbocycles. The van der Waals surface area contributed by atoms with Gasteiger partial charge in [0.2, 0.25) is 0 Å². The van der Waals surface area contributed by atoms with Crippen LogP contribution in [0.25, 0.3) is 0 Å². The molecule has 0 heterocycles. The van der Waals surface area contributed by atoms with Crippen LogP contribution < -0.4 is 0 Å². The third-order valence-electron chi connectivity index (χ3n) is 10.3. The number of carbonyl (C=O) groups is 2. The summed E-state index contributed by atoms with van der Waals surface area (Å²) in [4.78, 5) is 24.7. The van der Waals surface area contributed by atoms with Gasteiger partial charge in [-0.2, -0.15) is 0 Å². The van der Waals surface area contributed by atoms with Gasteiger partial charge in [-0.25, -0.2) is 4.39 Å². The second-order valence-electron chi connectivity index (χ2n) is 10.8. The molecule has 9 atom stereocenters. The second-order valence-corrected chi connectivity index (χ2v) is 10.8. The number of hydrogen-bond acceptors (Lipinski definition) is 4. The van der Waals surface area contributed by atoms with Crippen molar-refractivity contribution in [3.05, 3.63) is 23.8 Å². The van der Waals surface area contributed by atoms with Crippen LogP contribution in [0.2, 0.25) is 0 Å². The van der Waals surface area contributed by atoms with Gasteiger partial charge in [-0.15, -0.1) is 0 Å². The SMILES string of the molecule is CC1CC2C3CC(F)C4=CC(=O)C=CC4(C)C34CCC4CC2(C)C1(O)C(=O)CO. The summed E-state index contributed by atoms with van der Waals surface area (Å²) in [5.74, 6) is -0.544.